The molecule has 3 heteroatoms. The molecule has 2 nitrogen and oxygen atoms in total. The molecule has 0 aromatic carbocycles. The topological polar surface area (TPSA) is 29.3 Å². The van der Waals surface area contributed by atoms with Gasteiger partial charge in [0, 0.05) is 17.3 Å². The van der Waals surface area contributed by atoms with Crippen LogP contribution >= 0.6 is 11.8 Å². The molecule has 2 aliphatic heterocycles. The minimum Gasteiger partial charge on any atom is -0.328 e. The van der Waals surface area contributed by atoms with Gasteiger partial charge in [0.2, 0.25) is 0 Å². The van der Waals surface area contributed by atoms with Crippen molar-refractivity contribution >= 4 is 11.8 Å². The molecule has 0 saturated carbocycles. The SMILES string of the molecule is CC(N)C1CCN(C2CCSC2C)CC1. The maximum Gasteiger partial charge on any atom is 0.0219 e. The van der Waals surface area contributed by atoms with Gasteiger partial charge in [-0.1, -0.05) is 6.92 Å². The summed E-state index contributed by atoms with van der Waals surface area (Å²) in [7, 11) is 0. The van der Waals surface area contributed by atoms with E-state index < -0.39 is 0 Å². The van der Waals surface area contributed by atoms with Gasteiger partial charge < -0.3 is 5.73 Å². The third kappa shape index (κ3) is 2.69. The van der Waals surface area contributed by atoms with Gasteiger partial charge in [-0.25, -0.2) is 0 Å². The first-order valence-electron chi connectivity index (χ1n) is 6.29. The number of nitrogens with zero attached hydrogens (tertiary/aromatic N) is 1. The van der Waals surface area contributed by atoms with Crippen LogP contribution in [-0.4, -0.2) is 41.1 Å². The van der Waals surface area contributed by atoms with Gasteiger partial charge >= 0.3 is 0 Å². The van der Waals surface area contributed by atoms with Crippen LogP contribution in [0.3, 0.4) is 0 Å². The Morgan fingerprint density at radius 1 is 1.27 bits per heavy atom. The molecule has 0 aromatic heterocycles. The van der Waals surface area contributed by atoms with Crippen molar-refractivity contribution in [1.82, 2.24) is 4.90 Å². The first-order chi connectivity index (χ1) is 7.18. The first-order valence-corrected chi connectivity index (χ1v) is 7.34. The third-order valence-corrected chi connectivity index (χ3v) is 5.43. The van der Waals surface area contributed by atoms with E-state index in [4.69, 9.17) is 5.73 Å². The highest BCUT2D eigenvalue weighted by Gasteiger charge is 2.32. The lowest BCUT2D eigenvalue weighted by atomic mass is 9.90. The lowest BCUT2D eigenvalue weighted by Crippen LogP contribution is -2.46. The smallest absolute Gasteiger partial charge is 0.0219 e. The minimum atomic E-state index is 0.391. The molecule has 2 heterocycles. The molecule has 2 saturated heterocycles. The number of nitrogens with two attached hydrogens (primary N) is 1. The predicted octanol–water partition coefficient (Wildman–Crippen LogP) is 1.94. The molecule has 0 aliphatic carbocycles. The van der Waals surface area contributed by atoms with Crippen molar-refractivity contribution in [3.63, 3.8) is 0 Å². The Morgan fingerprint density at radius 3 is 2.40 bits per heavy atom. The van der Waals surface area contributed by atoms with E-state index in [1.165, 1.54) is 38.1 Å². The van der Waals surface area contributed by atoms with E-state index in [0.29, 0.717) is 6.04 Å². The molecule has 88 valence electrons. The quantitative estimate of drug-likeness (QED) is 0.783. The Balaban J connectivity index is 1.82. The molecule has 2 N–H and O–H groups in total. The highest BCUT2D eigenvalue weighted by atomic mass is 32.2. The van der Waals surface area contributed by atoms with Crippen molar-refractivity contribution in [3.8, 4) is 0 Å². The normalized spacial score (nSPS) is 37.0. The molecule has 0 amide bonds. The van der Waals surface area contributed by atoms with Gasteiger partial charge in [0.05, 0.1) is 0 Å². The maximum absolute atomic E-state index is 5.97. The second-order valence-corrected chi connectivity index (χ2v) is 6.65. The van der Waals surface area contributed by atoms with Crippen LogP contribution in [0.2, 0.25) is 0 Å². The molecule has 2 aliphatic rings. The molecular weight excluding hydrogens is 204 g/mol. The zero-order chi connectivity index (χ0) is 10.8. The second kappa shape index (κ2) is 5.07. The van der Waals surface area contributed by atoms with Gasteiger partial charge in [0.15, 0.2) is 0 Å². The summed E-state index contributed by atoms with van der Waals surface area (Å²) in [5, 5.41) is 0.844. The standard InChI is InChI=1S/C12H24N2S/c1-9(13)11-3-6-14(7-4-11)12-5-8-15-10(12)2/h9-12H,3-8,13H2,1-2H3. The number of piperidine rings is 1. The maximum atomic E-state index is 5.97. The third-order valence-electron chi connectivity index (χ3n) is 4.12. The number of hydrogen-bond donors (Lipinski definition) is 1. The highest BCUT2D eigenvalue weighted by molar-refractivity contribution is 8.00. The minimum absolute atomic E-state index is 0.391. The fourth-order valence-electron chi connectivity index (χ4n) is 2.98. The molecule has 0 bridgehead atoms. The van der Waals surface area contributed by atoms with E-state index in [9.17, 15) is 0 Å². The molecular formula is C12H24N2S. The Bertz CT molecular complexity index is 200. The van der Waals surface area contributed by atoms with Crippen LogP contribution < -0.4 is 5.73 Å². The van der Waals surface area contributed by atoms with Gasteiger partial charge in [-0.2, -0.15) is 11.8 Å². The fourth-order valence-corrected chi connectivity index (χ4v) is 4.26. The number of thioether (sulfide) groups is 1. The lowest BCUT2D eigenvalue weighted by Gasteiger charge is -2.38. The van der Waals surface area contributed by atoms with Gasteiger partial charge in [-0.05, 0) is 50.9 Å². The van der Waals surface area contributed by atoms with Crippen molar-refractivity contribution in [1.29, 1.82) is 0 Å². The van der Waals surface area contributed by atoms with Crippen molar-refractivity contribution in [3.05, 3.63) is 0 Å². The van der Waals surface area contributed by atoms with Crippen LogP contribution in [0.25, 0.3) is 0 Å². The summed E-state index contributed by atoms with van der Waals surface area (Å²) in [6.07, 6.45) is 4.02. The van der Waals surface area contributed by atoms with Gasteiger partial charge in [-0.3, -0.25) is 4.90 Å². The monoisotopic (exact) mass is 228 g/mol. The van der Waals surface area contributed by atoms with Crippen LogP contribution in [0.15, 0.2) is 0 Å². The Kier molecular flexibility index (Phi) is 3.97. The molecule has 3 atom stereocenters. The average molecular weight is 228 g/mol. The van der Waals surface area contributed by atoms with Gasteiger partial charge in [0.1, 0.15) is 0 Å². The van der Waals surface area contributed by atoms with Gasteiger partial charge in [-0.15, -0.1) is 0 Å². The van der Waals surface area contributed by atoms with E-state index >= 15 is 0 Å². The van der Waals surface area contributed by atoms with E-state index in [0.717, 1.165) is 17.2 Å². The molecule has 15 heavy (non-hydrogen) atoms. The summed E-state index contributed by atoms with van der Waals surface area (Å²) in [5.74, 6) is 2.13. The van der Waals surface area contributed by atoms with E-state index in [1.807, 2.05) is 0 Å². The zero-order valence-corrected chi connectivity index (χ0v) is 10.8. The average Bonchev–Trinajstić information content (AvgIpc) is 2.65. The second-order valence-electron chi connectivity index (χ2n) is 5.16. The molecule has 0 radical (unpaired) electrons. The van der Waals surface area contributed by atoms with Crippen LogP contribution in [0.4, 0.5) is 0 Å². The predicted molar refractivity (Wildman–Crippen MR) is 68.3 cm³/mol. The molecule has 0 aromatic rings. The number of rotatable bonds is 2. The van der Waals surface area contributed by atoms with E-state index in [-0.39, 0.29) is 0 Å². The first kappa shape index (κ1) is 11.7. The number of likely N-dealkylation sites (tertiary alicyclic amines) is 1. The molecule has 2 fully saturated rings. The Morgan fingerprint density at radius 2 is 1.93 bits per heavy atom. The molecule has 2 rings (SSSR count). The van der Waals surface area contributed by atoms with Gasteiger partial charge in [0.25, 0.3) is 0 Å². The van der Waals surface area contributed by atoms with Crippen molar-refractivity contribution in [2.24, 2.45) is 11.7 Å². The highest BCUT2D eigenvalue weighted by Crippen LogP contribution is 2.32. The summed E-state index contributed by atoms with van der Waals surface area (Å²) in [6.45, 7) is 7.11. The fraction of sp³-hybridized carbons (Fsp3) is 1.00. The van der Waals surface area contributed by atoms with Crippen molar-refractivity contribution in [2.45, 2.75) is 50.4 Å². The zero-order valence-electron chi connectivity index (χ0n) is 9.98. The van der Waals surface area contributed by atoms with Crippen molar-refractivity contribution < 1.29 is 0 Å². The summed E-state index contributed by atoms with van der Waals surface area (Å²) < 4.78 is 0. The van der Waals surface area contributed by atoms with Crippen LogP contribution in [0.5, 0.6) is 0 Å². The summed E-state index contributed by atoms with van der Waals surface area (Å²) >= 11 is 2.14. The van der Waals surface area contributed by atoms with E-state index in [2.05, 4.69) is 30.5 Å². The summed E-state index contributed by atoms with van der Waals surface area (Å²) in [6, 6.07) is 1.24. The largest absolute Gasteiger partial charge is 0.328 e. The van der Waals surface area contributed by atoms with Crippen LogP contribution in [0.1, 0.15) is 33.1 Å². The van der Waals surface area contributed by atoms with E-state index in [1.54, 1.807) is 0 Å². The lowest BCUT2D eigenvalue weighted by molar-refractivity contribution is 0.125. The Hall–Kier alpha value is 0.270. The Labute approximate surface area is 98.0 Å². The van der Waals surface area contributed by atoms with Crippen molar-refractivity contribution in [2.75, 3.05) is 18.8 Å². The van der Waals surface area contributed by atoms with Crippen LogP contribution in [0, 0.1) is 5.92 Å². The molecule has 3 unspecified atom stereocenters. The number of hydrogen-bond acceptors (Lipinski definition) is 3. The van der Waals surface area contributed by atoms with Crippen LogP contribution in [-0.2, 0) is 0 Å². The summed E-state index contributed by atoms with van der Waals surface area (Å²) in [4.78, 5) is 2.71. The molecule has 0 spiro atoms. The summed E-state index contributed by atoms with van der Waals surface area (Å²) in [5.41, 5.74) is 5.97.